The first-order chi connectivity index (χ1) is 11.0. The Morgan fingerprint density at radius 3 is 2.35 bits per heavy atom. The van der Waals surface area contributed by atoms with Crippen molar-refractivity contribution >= 4 is 11.6 Å². The van der Waals surface area contributed by atoms with Crippen LogP contribution in [-0.2, 0) is 0 Å². The zero-order chi connectivity index (χ0) is 16.6. The predicted octanol–water partition coefficient (Wildman–Crippen LogP) is 3.35. The Labute approximate surface area is 134 Å². The quantitative estimate of drug-likeness (QED) is 0.805. The summed E-state index contributed by atoms with van der Waals surface area (Å²) in [4.78, 5) is 20.6. The van der Waals surface area contributed by atoms with Gasteiger partial charge in [-0.05, 0) is 45.0 Å². The summed E-state index contributed by atoms with van der Waals surface area (Å²) in [5.74, 6) is 0.719. The third kappa shape index (κ3) is 2.88. The fourth-order valence-corrected chi connectivity index (χ4v) is 2.39. The minimum absolute atomic E-state index is 0.276. The molecule has 2 aromatic heterocycles. The molecule has 1 aromatic carbocycles. The fourth-order valence-electron chi connectivity index (χ4n) is 2.39. The van der Waals surface area contributed by atoms with Crippen LogP contribution in [0.1, 0.15) is 33.5 Å². The van der Waals surface area contributed by atoms with Gasteiger partial charge < -0.3 is 14.3 Å². The number of benzene rings is 1. The molecular weight excluding hydrogens is 292 g/mol. The lowest BCUT2D eigenvalue weighted by molar-refractivity contribution is 0.102. The Morgan fingerprint density at radius 1 is 1.13 bits per heavy atom. The number of aryl methyl sites for hydroxylation is 3. The normalized spacial score (nSPS) is 10.8. The van der Waals surface area contributed by atoms with Crippen molar-refractivity contribution in [2.45, 2.75) is 27.7 Å². The number of rotatable bonds is 3. The van der Waals surface area contributed by atoms with Gasteiger partial charge in [0.15, 0.2) is 11.6 Å². The van der Waals surface area contributed by atoms with E-state index in [9.17, 15) is 4.79 Å². The van der Waals surface area contributed by atoms with Gasteiger partial charge in [-0.2, -0.15) is 0 Å². The van der Waals surface area contributed by atoms with E-state index in [0.717, 1.165) is 17.1 Å². The lowest BCUT2D eigenvalue weighted by Crippen LogP contribution is -2.13. The summed E-state index contributed by atoms with van der Waals surface area (Å²) in [6.07, 6.45) is 1.79. The number of oxazole rings is 1. The molecule has 0 unspecified atom stereocenters. The van der Waals surface area contributed by atoms with Gasteiger partial charge in [-0.25, -0.2) is 9.97 Å². The molecule has 0 fully saturated rings. The third-order valence-corrected chi connectivity index (χ3v) is 3.77. The first-order valence-electron chi connectivity index (χ1n) is 7.32. The van der Waals surface area contributed by atoms with Crippen LogP contribution in [0.15, 0.2) is 35.0 Å². The van der Waals surface area contributed by atoms with Crippen molar-refractivity contribution in [1.82, 2.24) is 14.5 Å². The summed E-state index contributed by atoms with van der Waals surface area (Å²) in [6, 6.07) is 7.57. The van der Waals surface area contributed by atoms with Crippen molar-refractivity contribution in [3.63, 3.8) is 0 Å². The number of carbonyl (C=O) groups is 1. The van der Waals surface area contributed by atoms with Gasteiger partial charge in [0, 0.05) is 24.0 Å². The summed E-state index contributed by atoms with van der Waals surface area (Å²) < 4.78 is 7.29. The number of hydrogen-bond acceptors (Lipinski definition) is 4. The Bertz CT molecular complexity index is 859. The number of anilines is 1. The van der Waals surface area contributed by atoms with E-state index in [1.54, 1.807) is 20.2 Å². The van der Waals surface area contributed by atoms with E-state index in [-0.39, 0.29) is 5.91 Å². The summed E-state index contributed by atoms with van der Waals surface area (Å²) in [5, 5.41) is 2.82. The van der Waals surface area contributed by atoms with Crippen LogP contribution in [-0.4, -0.2) is 20.4 Å². The van der Waals surface area contributed by atoms with E-state index in [2.05, 4.69) is 15.3 Å². The maximum Gasteiger partial charge on any atom is 0.277 e. The monoisotopic (exact) mass is 310 g/mol. The highest BCUT2D eigenvalue weighted by atomic mass is 16.4. The van der Waals surface area contributed by atoms with Gasteiger partial charge in [-0.15, -0.1) is 0 Å². The second kappa shape index (κ2) is 5.72. The number of amides is 1. The molecule has 6 nitrogen and oxygen atoms in total. The van der Waals surface area contributed by atoms with E-state index in [1.165, 1.54) is 0 Å². The van der Waals surface area contributed by atoms with Crippen molar-refractivity contribution in [2.24, 2.45) is 0 Å². The average Bonchev–Trinajstić information content (AvgIpc) is 3.03. The summed E-state index contributed by atoms with van der Waals surface area (Å²) in [6.45, 7) is 7.44. The fraction of sp³-hybridized carbons (Fsp3) is 0.235. The second-order valence-electron chi connectivity index (χ2n) is 5.42. The van der Waals surface area contributed by atoms with Crippen LogP contribution in [0.25, 0.3) is 5.69 Å². The number of carbonyl (C=O) groups excluding carboxylic acids is 1. The number of nitrogens with zero attached hydrogens (tertiary/aromatic N) is 3. The molecule has 23 heavy (non-hydrogen) atoms. The Balaban J connectivity index is 1.79. The largest absolute Gasteiger partial charge is 0.445 e. The Kier molecular flexibility index (Phi) is 3.73. The highest BCUT2D eigenvalue weighted by Crippen LogP contribution is 2.18. The minimum Gasteiger partial charge on any atom is -0.445 e. The van der Waals surface area contributed by atoms with Gasteiger partial charge in [-0.3, -0.25) is 4.79 Å². The molecule has 0 spiro atoms. The molecular formula is C17H18N4O2. The molecule has 6 heteroatoms. The molecule has 1 N–H and O–H groups in total. The average molecular weight is 310 g/mol. The standard InChI is InChI=1S/C17H18N4O2/c1-10-11(2)21(9-18-10)15-7-5-14(6-8-15)20-17(22)16-12(3)23-13(4)19-16/h5-9H,1-4H3,(H,20,22). The van der Waals surface area contributed by atoms with Gasteiger partial charge in [0.25, 0.3) is 5.91 Å². The number of imidazole rings is 1. The first kappa shape index (κ1) is 15.0. The predicted molar refractivity (Wildman–Crippen MR) is 87.0 cm³/mol. The van der Waals surface area contributed by atoms with Crippen LogP contribution >= 0.6 is 0 Å². The molecule has 0 aliphatic carbocycles. The maximum absolute atomic E-state index is 12.2. The molecule has 1 amide bonds. The van der Waals surface area contributed by atoms with Crippen LogP contribution in [0.4, 0.5) is 5.69 Å². The van der Waals surface area contributed by atoms with E-state index >= 15 is 0 Å². The Hall–Kier alpha value is -2.89. The van der Waals surface area contributed by atoms with Gasteiger partial charge in [-0.1, -0.05) is 0 Å². The molecule has 0 atom stereocenters. The molecule has 3 aromatic rings. The molecule has 0 aliphatic heterocycles. The van der Waals surface area contributed by atoms with Crippen LogP contribution in [0, 0.1) is 27.7 Å². The van der Waals surface area contributed by atoms with Gasteiger partial charge >= 0.3 is 0 Å². The lowest BCUT2D eigenvalue weighted by atomic mass is 10.2. The van der Waals surface area contributed by atoms with Crippen molar-refractivity contribution in [3.8, 4) is 5.69 Å². The molecule has 0 bridgehead atoms. The summed E-state index contributed by atoms with van der Waals surface area (Å²) in [7, 11) is 0. The van der Waals surface area contributed by atoms with Gasteiger partial charge in [0.05, 0.1) is 12.0 Å². The van der Waals surface area contributed by atoms with E-state index in [1.807, 2.05) is 42.7 Å². The maximum atomic E-state index is 12.2. The molecule has 3 rings (SSSR count). The molecule has 0 saturated heterocycles. The zero-order valence-electron chi connectivity index (χ0n) is 13.5. The highest BCUT2D eigenvalue weighted by Gasteiger charge is 2.15. The Morgan fingerprint density at radius 2 is 1.83 bits per heavy atom. The SMILES string of the molecule is Cc1nc(C(=O)Nc2ccc(-n3cnc(C)c3C)cc2)c(C)o1. The summed E-state index contributed by atoms with van der Waals surface area (Å²) in [5.41, 5.74) is 4.10. The number of aromatic nitrogens is 3. The topological polar surface area (TPSA) is 73.0 Å². The smallest absolute Gasteiger partial charge is 0.277 e. The minimum atomic E-state index is -0.276. The first-order valence-corrected chi connectivity index (χ1v) is 7.32. The van der Waals surface area contributed by atoms with E-state index in [4.69, 9.17) is 4.42 Å². The summed E-state index contributed by atoms with van der Waals surface area (Å²) >= 11 is 0. The van der Waals surface area contributed by atoms with Gasteiger partial charge in [0.1, 0.15) is 5.76 Å². The van der Waals surface area contributed by atoms with Crippen molar-refractivity contribution in [3.05, 3.63) is 59.3 Å². The molecule has 0 radical (unpaired) electrons. The third-order valence-electron chi connectivity index (χ3n) is 3.77. The highest BCUT2D eigenvalue weighted by molar-refractivity contribution is 6.03. The van der Waals surface area contributed by atoms with Gasteiger partial charge in [0.2, 0.25) is 0 Å². The molecule has 0 aliphatic rings. The van der Waals surface area contributed by atoms with Crippen molar-refractivity contribution in [2.75, 3.05) is 5.32 Å². The van der Waals surface area contributed by atoms with Crippen LogP contribution < -0.4 is 5.32 Å². The molecule has 118 valence electrons. The molecule has 2 heterocycles. The van der Waals surface area contributed by atoms with Crippen LogP contribution in [0.5, 0.6) is 0 Å². The number of nitrogens with one attached hydrogen (secondary N) is 1. The van der Waals surface area contributed by atoms with Crippen molar-refractivity contribution < 1.29 is 9.21 Å². The van der Waals surface area contributed by atoms with E-state index < -0.39 is 0 Å². The molecule has 0 saturated carbocycles. The zero-order valence-corrected chi connectivity index (χ0v) is 13.5. The van der Waals surface area contributed by atoms with Crippen molar-refractivity contribution in [1.29, 1.82) is 0 Å². The van der Waals surface area contributed by atoms with E-state index in [0.29, 0.717) is 23.0 Å². The van der Waals surface area contributed by atoms with Crippen LogP contribution in [0.3, 0.4) is 0 Å². The van der Waals surface area contributed by atoms with Crippen LogP contribution in [0.2, 0.25) is 0 Å². The second-order valence-corrected chi connectivity index (χ2v) is 5.42. The number of hydrogen-bond donors (Lipinski definition) is 1. The lowest BCUT2D eigenvalue weighted by Gasteiger charge is -2.08.